The van der Waals surface area contributed by atoms with E-state index >= 15 is 0 Å². The van der Waals surface area contributed by atoms with Crippen molar-refractivity contribution in [2.24, 2.45) is 0 Å². The second kappa shape index (κ2) is 6.91. The van der Waals surface area contributed by atoms with Gasteiger partial charge in [0.25, 0.3) is 0 Å². The smallest absolute Gasteiger partial charge is 0.229 e. The van der Waals surface area contributed by atoms with Crippen LogP contribution in [0.2, 0.25) is 0 Å². The lowest BCUT2D eigenvalue weighted by atomic mass is 10.2. The first-order valence-corrected chi connectivity index (χ1v) is 10.0. The van der Waals surface area contributed by atoms with Crippen molar-refractivity contribution < 1.29 is 0 Å². The Morgan fingerprint density at radius 3 is 2.69 bits per heavy atom. The molecule has 6 aromatic rings. The Morgan fingerprint density at radius 1 is 0.938 bits per heavy atom. The van der Waals surface area contributed by atoms with Crippen LogP contribution in [0, 0.1) is 6.92 Å². The molecular weight excluding hydrogens is 404 g/mol. The molecular formula is C22H18N10. The molecule has 10 nitrogen and oxygen atoms in total. The molecule has 0 aliphatic rings. The molecule has 32 heavy (non-hydrogen) atoms. The number of aromatic amines is 1. The summed E-state index contributed by atoms with van der Waals surface area (Å²) >= 11 is 0. The predicted octanol–water partition coefficient (Wildman–Crippen LogP) is 3.49. The molecule has 5 aromatic heterocycles. The number of aromatic nitrogens is 8. The SMILES string of the molecule is Cc1nc(N)cc(-c2c(Nc3ccn(-c4nc5ccccc5[nH]4)n3)nc3ccccn23)n1. The summed E-state index contributed by atoms with van der Waals surface area (Å²) in [5.41, 5.74) is 10.0. The maximum Gasteiger partial charge on any atom is 0.229 e. The van der Waals surface area contributed by atoms with Crippen molar-refractivity contribution >= 4 is 34.1 Å². The van der Waals surface area contributed by atoms with Gasteiger partial charge in [-0.1, -0.05) is 18.2 Å². The quantitative estimate of drug-likeness (QED) is 0.397. The fraction of sp³-hybridized carbons (Fsp3) is 0.0455. The molecule has 0 atom stereocenters. The molecule has 156 valence electrons. The Kier molecular flexibility index (Phi) is 3.90. The Balaban J connectivity index is 1.42. The summed E-state index contributed by atoms with van der Waals surface area (Å²) in [6.45, 7) is 1.81. The van der Waals surface area contributed by atoms with Crippen LogP contribution in [0.3, 0.4) is 0 Å². The topological polar surface area (TPSA) is 128 Å². The average molecular weight is 422 g/mol. The normalized spacial score (nSPS) is 11.4. The Morgan fingerprint density at radius 2 is 1.81 bits per heavy atom. The third-order valence-corrected chi connectivity index (χ3v) is 5.06. The molecule has 0 saturated heterocycles. The predicted molar refractivity (Wildman–Crippen MR) is 122 cm³/mol. The van der Waals surface area contributed by atoms with Crippen LogP contribution >= 0.6 is 0 Å². The van der Waals surface area contributed by atoms with Gasteiger partial charge in [-0.05, 0) is 31.2 Å². The summed E-state index contributed by atoms with van der Waals surface area (Å²) in [5, 5.41) is 7.93. The van der Waals surface area contributed by atoms with Gasteiger partial charge in [0.2, 0.25) is 5.95 Å². The number of pyridine rings is 1. The molecule has 0 spiro atoms. The third kappa shape index (κ3) is 3.01. The van der Waals surface area contributed by atoms with Crippen molar-refractivity contribution in [3.63, 3.8) is 0 Å². The molecule has 0 amide bonds. The summed E-state index contributed by atoms with van der Waals surface area (Å²) in [6, 6.07) is 17.3. The number of aryl methyl sites for hydroxylation is 1. The van der Waals surface area contributed by atoms with Crippen molar-refractivity contribution in [1.82, 2.24) is 39.1 Å². The van der Waals surface area contributed by atoms with Crippen LogP contribution in [0.15, 0.2) is 67.0 Å². The highest BCUT2D eigenvalue weighted by Crippen LogP contribution is 2.30. The number of nitrogens with zero attached hydrogens (tertiary/aromatic N) is 7. The molecule has 0 fully saturated rings. The number of nitrogens with two attached hydrogens (primary N) is 1. The van der Waals surface area contributed by atoms with Gasteiger partial charge in [0, 0.05) is 24.5 Å². The first kappa shape index (κ1) is 18.1. The summed E-state index contributed by atoms with van der Waals surface area (Å²) < 4.78 is 3.64. The number of nitrogen functional groups attached to an aromatic ring is 1. The molecule has 0 aliphatic heterocycles. The number of benzene rings is 1. The summed E-state index contributed by atoms with van der Waals surface area (Å²) in [7, 11) is 0. The van der Waals surface area contributed by atoms with E-state index in [1.165, 1.54) is 0 Å². The number of rotatable bonds is 4. The molecule has 0 saturated carbocycles. The number of anilines is 3. The molecule has 1 aromatic carbocycles. The Bertz CT molecular complexity index is 1540. The molecule has 0 unspecified atom stereocenters. The van der Waals surface area contributed by atoms with Gasteiger partial charge in [-0.25, -0.2) is 24.6 Å². The van der Waals surface area contributed by atoms with Crippen LogP contribution in [-0.2, 0) is 0 Å². The van der Waals surface area contributed by atoms with E-state index in [0.29, 0.717) is 34.9 Å². The van der Waals surface area contributed by atoms with E-state index in [0.717, 1.165) is 22.4 Å². The van der Waals surface area contributed by atoms with Crippen molar-refractivity contribution in [3.05, 3.63) is 72.8 Å². The molecule has 5 heterocycles. The van der Waals surface area contributed by atoms with E-state index in [4.69, 9.17) is 10.7 Å². The molecule has 0 radical (unpaired) electrons. The molecule has 4 N–H and O–H groups in total. The van der Waals surface area contributed by atoms with Crippen molar-refractivity contribution in [2.45, 2.75) is 6.92 Å². The van der Waals surface area contributed by atoms with Gasteiger partial charge in [-0.3, -0.25) is 4.40 Å². The van der Waals surface area contributed by atoms with Crippen LogP contribution < -0.4 is 11.1 Å². The van der Waals surface area contributed by atoms with E-state index < -0.39 is 0 Å². The maximum atomic E-state index is 5.98. The van der Waals surface area contributed by atoms with E-state index in [9.17, 15) is 0 Å². The number of para-hydroxylation sites is 2. The standard InChI is InChI=1S/C22H18N10/c1-13-24-16(12-17(23)25-13)20-21(29-19-8-4-5-10-31(19)20)28-18-9-11-32(30-18)22-26-14-6-2-3-7-15(14)27-22/h2-12H,1H3,(H,26,27)(H,28,30)(H2,23,24,25). The fourth-order valence-corrected chi connectivity index (χ4v) is 3.72. The highest BCUT2D eigenvalue weighted by molar-refractivity contribution is 5.78. The van der Waals surface area contributed by atoms with Gasteiger partial charge in [0.05, 0.1) is 16.7 Å². The minimum atomic E-state index is 0.401. The Labute approximate surface area is 181 Å². The second-order valence-electron chi connectivity index (χ2n) is 7.31. The van der Waals surface area contributed by atoms with Gasteiger partial charge in [-0.15, -0.1) is 5.10 Å². The number of nitrogens with one attached hydrogen (secondary N) is 2. The highest BCUT2D eigenvalue weighted by atomic mass is 15.4. The lowest BCUT2D eigenvalue weighted by Crippen LogP contribution is -2.02. The number of imidazole rings is 2. The van der Waals surface area contributed by atoms with Gasteiger partial charge in [0.15, 0.2) is 11.6 Å². The summed E-state index contributed by atoms with van der Waals surface area (Å²) in [6.07, 6.45) is 3.77. The summed E-state index contributed by atoms with van der Waals surface area (Å²) in [4.78, 5) is 21.4. The van der Waals surface area contributed by atoms with Crippen LogP contribution in [0.1, 0.15) is 5.82 Å². The molecule has 10 heteroatoms. The van der Waals surface area contributed by atoms with Gasteiger partial charge >= 0.3 is 0 Å². The van der Waals surface area contributed by atoms with Gasteiger partial charge in [-0.2, -0.15) is 0 Å². The van der Waals surface area contributed by atoms with E-state index in [-0.39, 0.29) is 0 Å². The van der Waals surface area contributed by atoms with Gasteiger partial charge < -0.3 is 16.0 Å². The zero-order valence-electron chi connectivity index (χ0n) is 17.1. The molecule has 0 bridgehead atoms. The zero-order chi connectivity index (χ0) is 21.7. The van der Waals surface area contributed by atoms with E-state index in [1.54, 1.807) is 10.7 Å². The number of H-pyrrole nitrogens is 1. The first-order chi connectivity index (χ1) is 15.6. The lowest BCUT2D eigenvalue weighted by Gasteiger charge is -2.07. The first-order valence-electron chi connectivity index (χ1n) is 10.0. The molecule has 0 aliphatic carbocycles. The third-order valence-electron chi connectivity index (χ3n) is 5.06. The van der Waals surface area contributed by atoms with Crippen molar-refractivity contribution in [3.8, 4) is 17.3 Å². The number of hydrogen-bond acceptors (Lipinski definition) is 7. The highest BCUT2D eigenvalue weighted by Gasteiger charge is 2.18. The lowest BCUT2D eigenvalue weighted by molar-refractivity contribution is 0.832. The van der Waals surface area contributed by atoms with Crippen LogP contribution in [-0.4, -0.2) is 39.1 Å². The molecule has 6 rings (SSSR count). The van der Waals surface area contributed by atoms with Crippen LogP contribution in [0.5, 0.6) is 0 Å². The van der Waals surface area contributed by atoms with Gasteiger partial charge in [0.1, 0.15) is 23.0 Å². The minimum Gasteiger partial charge on any atom is -0.384 e. The number of hydrogen-bond donors (Lipinski definition) is 3. The minimum absolute atomic E-state index is 0.401. The second-order valence-corrected chi connectivity index (χ2v) is 7.31. The van der Waals surface area contributed by atoms with Crippen LogP contribution in [0.4, 0.5) is 17.5 Å². The van der Waals surface area contributed by atoms with Crippen molar-refractivity contribution in [1.29, 1.82) is 0 Å². The summed E-state index contributed by atoms with van der Waals surface area (Å²) in [5.74, 6) is 2.86. The largest absolute Gasteiger partial charge is 0.384 e. The fourth-order valence-electron chi connectivity index (χ4n) is 3.72. The maximum absolute atomic E-state index is 5.98. The van der Waals surface area contributed by atoms with Crippen LogP contribution in [0.25, 0.3) is 34.0 Å². The van der Waals surface area contributed by atoms with Crippen molar-refractivity contribution in [2.75, 3.05) is 11.1 Å². The average Bonchev–Trinajstić information content (AvgIpc) is 3.49. The Hall–Kier alpha value is -4.73. The zero-order valence-corrected chi connectivity index (χ0v) is 17.1. The monoisotopic (exact) mass is 422 g/mol. The van der Waals surface area contributed by atoms with E-state index in [2.05, 4.69) is 30.4 Å². The number of fused-ring (bicyclic) bond motifs is 2. The van der Waals surface area contributed by atoms with E-state index in [1.807, 2.05) is 72.2 Å².